The van der Waals surface area contributed by atoms with Gasteiger partial charge < -0.3 is 4.98 Å². The van der Waals surface area contributed by atoms with Gasteiger partial charge in [-0.25, -0.2) is 0 Å². The number of pyridine rings is 1. The Labute approximate surface area is 86.1 Å². The zero-order valence-electron chi connectivity index (χ0n) is 7.60. The van der Waals surface area contributed by atoms with Crippen molar-refractivity contribution in [3.63, 3.8) is 0 Å². The minimum Gasteiger partial charge on any atom is -0.312 e. The average Bonchev–Trinajstić information content (AvgIpc) is 2.18. The zero-order valence-corrected chi connectivity index (χ0v) is 8.36. The van der Waals surface area contributed by atoms with Gasteiger partial charge in [0.15, 0.2) is 6.29 Å². The molecule has 2 rings (SSSR count). The molecule has 1 aliphatic rings. The average molecular weight is 212 g/mol. The van der Waals surface area contributed by atoms with Crippen molar-refractivity contribution >= 4 is 17.9 Å². The number of rotatable bonds is 1. The Balaban J connectivity index is 2.73. The Kier molecular flexibility index (Phi) is 2.42. The van der Waals surface area contributed by atoms with E-state index in [9.17, 15) is 9.59 Å². The quantitative estimate of drug-likeness (QED) is 0.568. The largest absolute Gasteiger partial charge is 0.312 e. The number of H-pyrrole nitrogens is 1. The number of nitrogens with one attached hydrogen (secondary N) is 1. The van der Waals surface area contributed by atoms with Crippen molar-refractivity contribution in [1.82, 2.24) is 4.98 Å². The molecular weight excluding hydrogens is 202 g/mol. The van der Waals surface area contributed by atoms with E-state index in [2.05, 4.69) is 4.98 Å². The fourth-order valence-corrected chi connectivity index (χ4v) is 2.24. The van der Waals surface area contributed by atoms with Gasteiger partial charge in [0, 0.05) is 0 Å². The molecule has 0 unspecified atom stereocenters. The molecule has 0 amide bonds. The van der Waals surface area contributed by atoms with Crippen LogP contribution in [0.15, 0.2) is 4.79 Å². The molecule has 0 radical (unpaired) electrons. The number of aldehydes is 1. The van der Waals surface area contributed by atoms with E-state index in [1.807, 2.05) is 0 Å². The molecule has 1 aliphatic carbocycles. The number of aromatic amines is 1. The lowest BCUT2D eigenvalue weighted by Crippen LogP contribution is -2.20. The van der Waals surface area contributed by atoms with E-state index >= 15 is 0 Å². The van der Waals surface area contributed by atoms with Crippen molar-refractivity contribution in [1.29, 1.82) is 0 Å². The molecule has 0 bridgehead atoms. The van der Waals surface area contributed by atoms with E-state index < -0.39 is 0 Å². The van der Waals surface area contributed by atoms with Crippen LogP contribution in [0.2, 0.25) is 5.15 Å². The van der Waals surface area contributed by atoms with Gasteiger partial charge >= 0.3 is 0 Å². The first-order valence-electron chi connectivity index (χ1n) is 4.62. The number of halogens is 1. The Morgan fingerprint density at radius 1 is 1.21 bits per heavy atom. The van der Waals surface area contributed by atoms with Gasteiger partial charge in [-0.1, -0.05) is 11.6 Å². The summed E-state index contributed by atoms with van der Waals surface area (Å²) >= 11 is 5.90. The summed E-state index contributed by atoms with van der Waals surface area (Å²) in [6, 6.07) is 0. The van der Waals surface area contributed by atoms with E-state index in [-0.39, 0.29) is 11.1 Å². The molecule has 3 nitrogen and oxygen atoms in total. The van der Waals surface area contributed by atoms with Crippen molar-refractivity contribution < 1.29 is 4.79 Å². The molecule has 0 spiro atoms. The first-order valence-corrected chi connectivity index (χ1v) is 5.00. The van der Waals surface area contributed by atoms with Gasteiger partial charge in [-0.2, -0.15) is 0 Å². The molecule has 14 heavy (non-hydrogen) atoms. The molecule has 1 heterocycles. The van der Waals surface area contributed by atoms with Crippen LogP contribution in [0, 0.1) is 0 Å². The normalized spacial score (nSPS) is 14.9. The minimum atomic E-state index is -0.370. The van der Waals surface area contributed by atoms with E-state index in [0.29, 0.717) is 11.4 Å². The maximum atomic E-state index is 11.4. The Hall–Kier alpha value is -1.09. The highest BCUT2D eigenvalue weighted by Gasteiger charge is 2.18. The topological polar surface area (TPSA) is 49.9 Å². The summed E-state index contributed by atoms with van der Waals surface area (Å²) in [6.07, 6.45) is 4.35. The maximum absolute atomic E-state index is 11.4. The van der Waals surface area contributed by atoms with Crippen LogP contribution in [-0.2, 0) is 12.8 Å². The van der Waals surface area contributed by atoms with Crippen LogP contribution in [0.4, 0.5) is 0 Å². The van der Waals surface area contributed by atoms with Gasteiger partial charge in [-0.05, 0) is 36.8 Å². The van der Waals surface area contributed by atoms with E-state index in [4.69, 9.17) is 11.6 Å². The lowest BCUT2D eigenvalue weighted by atomic mass is 9.90. The second-order valence-electron chi connectivity index (χ2n) is 3.46. The Morgan fingerprint density at radius 2 is 1.86 bits per heavy atom. The number of aromatic nitrogens is 1. The van der Waals surface area contributed by atoms with Gasteiger partial charge in [-0.15, -0.1) is 0 Å². The molecular formula is C10H10ClNO2. The van der Waals surface area contributed by atoms with E-state index in [1.165, 1.54) is 0 Å². The van der Waals surface area contributed by atoms with Crippen molar-refractivity contribution in [3.8, 4) is 0 Å². The molecule has 1 aromatic rings. The van der Waals surface area contributed by atoms with Crippen molar-refractivity contribution in [3.05, 3.63) is 32.2 Å². The summed E-state index contributed by atoms with van der Waals surface area (Å²) in [4.78, 5) is 24.6. The molecule has 0 fully saturated rings. The van der Waals surface area contributed by atoms with Crippen LogP contribution < -0.4 is 5.56 Å². The molecule has 0 saturated carbocycles. The highest BCUT2D eigenvalue weighted by atomic mass is 35.5. The lowest BCUT2D eigenvalue weighted by Gasteiger charge is -2.17. The summed E-state index contributed by atoms with van der Waals surface area (Å²) in [7, 11) is 0. The highest BCUT2D eigenvalue weighted by molar-refractivity contribution is 6.30. The molecule has 1 N–H and O–H groups in total. The van der Waals surface area contributed by atoms with Gasteiger partial charge in [-0.3, -0.25) is 9.59 Å². The Bertz CT molecular complexity index is 436. The van der Waals surface area contributed by atoms with Crippen molar-refractivity contribution in [2.45, 2.75) is 25.7 Å². The second-order valence-corrected chi connectivity index (χ2v) is 3.84. The summed E-state index contributed by atoms with van der Waals surface area (Å²) < 4.78 is 0. The van der Waals surface area contributed by atoms with E-state index in [0.717, 1.165) is 36.8 Å². The SMILES string of the molecule is O=Cc1c2c(c(Cl)[nH]c1=O)CCCC2. The number of carbonyl (C=O) groups excluding carboxylic acids is 1. The fraction of sp³-hybridized carbons (Fsp3) is 0.400. The molecule has 74 valence electrons. The van der Waals surface area contributed by atoms with Crippen LogP contribution in [0.25, 0.3) is 0 Å². The van der Waals surface area contributed by atoms with E-state index in [1.54, 1.807) is 0 Å². The third-order valence-corrected chi connectivity index (χ3v) is 2.97. The monoisotopic (exact) mass is 211 g/mol. The molecule has 0 aliphatic heterocycles. The summed E-state index contributed by atoms with van der Waals surface area (Å²) in [5, 5.41) is 0.398. The summed E-state index contributed by atoms with van der Waals surface area (Å²) in [6.45, 7) is 0. The lowest BCUT2D eigenvalue weighted by molar-refractivity contribution is 0.112. The number of hydrogen-bond acceptors (Lipinski definition) is 2. The smallest absolute Gasteiger partial charge is 0.259 e. The standard InChI is InChI=1S/C10H10ClNO2/c11-9-7-4-2-1-3-6(7)8(5-13)10(14)12-9/h5H,1-4H2,(H,12,14). The first kappa shape index (κ1) is 9.46. The van der Waals surface area contributed by atoms with Crippen LogP contribution in [-0.4, -0.2) is 11.3 Å². The van der Waals surface area contributed by atoms with Crippen LogP contribution in [0.3, 0.4) is 0 Å². The molecule has 1 aromatic heterocycles. The van der Waals surface area contributed by atoms with Gasteiger partial charge in [0.1, 0.15) is 5.15 Å². The third-order valence-electron chi connectivity index (χ3n) is 2.64. The zero-order chi connectivity index (χ0) is 10.1. The van der Waals surface area contributed by atoms with Crippen LogP contribution in [0.5, 0.6) is 0 Å². The number of hydrogen-bond donors (Lipinski definition) is 1. The molecule has 0 atom stereocenters. The van der Waals surface area contributed by atoms with Crippen LogP contribution >= 0.6 is 11.6 Å². The predicted octanol–water partition coefficient (Wildman–Crippen LogP) is 1.72. The van der Waals surface area contributed by atoms with Crippen LogP contribution in [0.1, 0.15) is 34.3 Å². The molecule has 0 aromatic carbocycles. The fourth-order valence-electron chi connectivity index (χ4n) is 1.95. The summed E-state index contributed by atoms with van der Waals surface area (Å²) in [5.41, 5.74) is 1.68. The predicted molar refractivity (Wildman–Crippen MR) is 54.1 cm³/mol. The Morgan fingerprint density at radius 3 is 2.50 bits per heavy atom. The minimum absolute atomic E-state index is 0.254. The van der Waals surface area contributed by atoms with Gasteiger partial charge in [0.2, 0.25) is 0 Å². The number of carbonyl (C=O) groups is 1. The number of fused-ring (bicyclic) bond motifs is 1. The second kappa shape index (κ2) is 3.58. The first-order chi connectivity index (χ1) is 6.74. The molecule has 4 heteroatoms. The van der Waals surface area contributed by atoms with Crippen molar-refractivity contribution in [2.75, 3.05) is 0 Å². The van der Waals surface area contributed by atoms with Gasteiger partial charge in [0.25, 0.3) is 5.56 Å². The molecule has 0 saturated heterocycles. The maximum Gasteiger partial charge on any atom is 0.259 e. The van der Waals surface area contributed by atoms with Crippen molar-refractivity contribution in [2.24, 2.45) is 0 Å². The van der Waals surface area contributed by atoms with Gasteiger partial charge in [0.05, 0.1) is 5.56 Å². The summed E-state index contributed by atoms with van der Waals surface area (Å²) in [5.74, 6) is 0. The highest BCUT2D eigenvalue weighted by Crippen LogP contribution is 2.26. The third kappa shape index (κ3) is 1.38.